The van der Waals surface area contributed by atoms with Crippen LogP contribution in [0, 0.1) is 6.52 Å². The van der Waals surface area contributed by atoms with E-state index in [2.05, 4.69) is 5.32 Å². The molecule has 0 unspecified atom stereocenters. The molecule has 2 aromatic rings. The number of carbonyl (C=O) groups excluding carboxylic acids is 2. The van der Waals surface area contributed by atoms with E-state index in [1.165, 1.54) is 7.05 Å². The van der Waals surface area contributed by atoms with Gasteiger partial charge in [-0.05, 0) is 17.7 Å². The highest BCUT2D eigenvalue weighted by atomic mass is 16.2. The number of imide groups is 1. The number of urea groups is 1. The summed E-state index contributed by atoms with van der Waals surface area (Å²) in [6, 6.07) is 16.7. The fourth-order valence-electron chi connectivity index (χ4n) is 1.60. The molecular weight excluding hydrogens is 252 g/mol. The van der Waals surface area contributed by atoms with E-state index in [-0.39, 0.29) is 6.52 Å². The molecule has 4 nitrogen and oxygen atoms in total. The van der Waals surface area contributed by atoms with Gasteiger partial charge in [-0.15, -0.1) is 0 Å². The van der Waals surface area contributed by atoms with Crippen LogP contribution in [0.25, 0.3) is 0 Å². The van der Waals surface area contributed by atoms with Crippen LogP contribution in [0.3, 0.4) is 0 Å². The number of nitrogens with one attached hydrogen (secondary N) is 1. The minimum atomic E-state index is -0.641. The lowest BCUT2D eigenvalue weighted by molar-refractivity contribution is 0.0833. The molecule has 0 heterocycles. The largest absolute Gasteiger partial charge is 0.328 e. The van der Waals surface area contributed by atoms with Crippen LogP contribution < -0.4 is 5.32 Å². The number of hydrogen-bond acceptors (Lipinski definition) is 2. The first-order chi connectivity index (χ1) is 10.1. The smallest absolute Gasteiger partial charge is 0.324 e. The Balaban J connectivity index is 2.01. The molecule has 1 radical (unpaired) electrons. The summed E-state index contributed by atoms with van der Waals surface area (Å²) in [5.41, 5.74) is 0.993. The van der Waals surface area contributed by atoms with Crippen molar-refractivity contribution >= 4 is 11.9 Å². The molecule has 2 rings (SSSR count). The lowest BCUT2D eigenvalue weighted by Crippen LogP contribution is -2.40. The predicted octanol–water partition coefficient (Wildman–Crippen LogP) is 2.68. The molecule has 4 heteroatoms. The fraction of sp³-hybridized carbons (Fsp3) is 0.0625. The van der Waals surface area contributed by atoms with Gasteiger partial charge >= 0.3 is 6.03 Å². The Bertz CT molecular complexity index is 617. The Morgan fingerprint density at radius 1 is 1.05 bits per heavy atom. The average molecular weight is 268 g/mol. The van der Waals surface area contributed by atoms with Crippen molar-refractivity contribution in [2.45, 2.75) is 0 Å². The second kappa shape index (κ2) is 6.52. The van der Waals surface area contributed by atoms with Crippen molar-refractivity contribution in [3.8, 4) is 0 Å². The van der Waals surface area contributed by atoms with Crippen molar-refractivity contribution < 1.29 is 11.0 Å². The fourth-order valence-corrected chi connectivity index (χ4v) is 1.60. The van der Waals surface area contributed by atoms with Crippen LogP contribution in [0.2, 0.25) is 0 Å². The maximum absolute atomic E-state index is 12.1. The second-order valence-electron chi connectivity index (χ2n) is 4.15. The van der Waals surface area contributed by atoms with E-state index in [1.807, 2.05) is 6.07 Å². The quantitative estimate of drug-likeness (QED) is 0.930. The highest BCUT2D eigenvalue weighted by Gasteiger charge is 2.17. The van der Waals surface area contributed by atoms with E-state index in [4.69, 9.17) is 1.37 Å². The van der Waals surface area contributed by atoms with Crippen LogP contribution in [0.5, 0.6) is 0 Å². The minimum absolute atomic E-state index is 0.0479. The van der Waals surface area contributed by atoms with Crippen LogP contribution in [0.1, 0.15) is 17.3 Å². The van der Waals surface area contributed by atoms with Crippen molar-refractivity contribution in [3.05, 3.63) is 78.3 Å². The minimum Gasteiger partial charge on any atom is -0.328 e. The average Bonchev–Trinajstić information content (AvgIpc) is 2.55. The highest BCUT2D eigenvalue weighted by Crippen LogP contribution is 2.04. The van der Waals surface area contributed by atoms with E-state index in [9.17, 15) is 9.59 Å². The van der Waals surface area contributed by atoms with Gasteiger partial charge in [-0.2, -0.15) is 0 Å². The molecule has 101 valence electrons. The van der Waals surface area contributed by atoms with Gasteiger partial charge in [-0.1, -0.05) is 48.5 Å². The molecule has 0 aliphatic rings. The molecule has 0 saturated carbocycles. The third-order valence-electron chi connectivity index (χ3n) is 2.72. The zero-order chi connectivity index (χ0) is 15.2. The predicted molar refractivity (Wildman–Crippen MR) is 76.9 cm³/mol. The van der Waals surface area contributed by atoms with E-state index >= 15 is 0 Å². The van der Waals surface area contributed by atoms with E-state index in [1.54, 1.807) is 54.6 Å². The Hall–Kier alpha value is -2.62. The first-order valence-corrected chi connectivity index (χ1v) is 6.12. The topological polar surface area (TPSA) is 49.4 Å². The van der Waals surface area contributed by atoms with E-state index in [0.717, 1.165) is 4.90 Å². The van der Waals surface area contributed by atoms with Crippen molar-refractivity contribution in [1.82, 2.24) is 10.2 Å². The van der Waals surface area contributed by atoms with Gasteiger partial charge in [0.25, 0.3) is 5.91 Å². The van der Waals surface area contributed by atoms with Crippen LogP contribution in [-0.4, -0.2) is 23.9 Å². The van der Waals surface area contributed by atoms with Gasteiger partial charge in [0, 0.05) is 12.6 Å². The van der Waals surface area contributed by atoms with Gasteiger partial charge in [0.15, 0.2) is 0 Å². The Kier molecular flexibility index (Phi) is 4.05. The summed E-state index contributed by atoms with van der Waals surface area (Å²) in [6.45, 7) is -0.0479. The molecule has 0 aliphatic heterocycles. The molecule has 20 heavy (non-hydrogen) atoms. The zero-order valence-corrected chi connectivity index (χ0v) is 11.0. The van der Waals surface area contributed by atoms with Crippen LogP contribution in [-0.2, 0) is 0 Å². The number of benzene rings is 2. The first-order valence-electron chi connectivity index (χ1n) is 6.62. The van der Waals surface area contributed by atoms with Gasteiger partial charge in [0.1, 0.15) is 0 Å². The normalized spacial score (nSPS) is 10.8. The molecular formula is C16H15N2O2. The standard InChI is InChI=1S/C16H15N2O2/c1-18(15(19)14-10-6-3-7-11-14)16(20)17-12-13-8-4-2-5-9-13/h2-12H,1H3,(H,17,20)/i12D. The maximum Gasteiger partial charge on any atom is 0.324 e. The van der Waals surface area contributed by atoms with Gasteiger partial charge < -0.3 is 5.32 Å². The van der Waals surface area contributed by atoms with Crippen LogP contribution in [0.15, 0.2) is 60.7 Å². The molecule has 3 amide bonds. The number of nitrogens with zero attached hydrogens (tertiary/aromatic N) is 1. The number of amides is 3. The van der Waals surface area contributed by atoms with Gasteiger partial charge in [0.2, 0.25) is 0 Å². The van der Waals surface area contributed by atoms with Crippen molar-refractivity contribution in [2.24, 2.45) is 0 Å². The summed E-state index contributed by atoms with van der Waals surface area (Å²) in [5, 5.41) is 2.40. The third-order valence-corrected chi connectivity index (χ3v) is 2.72. The Morgan fingerprint density at radius 3 is 2.20 bits per heavy atom. The summed E-state index contributed by atoms with van der Waals surface area (Å²) in [6.07, 6.45) is 0. The highest BCUT2D eigenvalue weighted by molar-refractivity contribution is 6.04. The van der Waals surface area contributed by atoms with Gasteiger partial charge in [0.05, 0.1) is 7.89 Å². The van der Waals surface area contributed by atoms with E-state index in [0.29, 0.717) is 11.1 Å². The van der Waals surface area contributed by atoms with Gasteiger partial charge in [-0.25, -0.2) is 4.79 Å². The summed E-state index contributed by atoms with van der Waals surface area (Å²) in [4.78, 5) is 25.0. The lowest BCUT2D eigenvalue weighted by atomic mass is 10.2. The second-order valence-corrected chi connectivity index (χ2v) is 4.15. The van der Waals surface area contributed by atoms with Crippen molar-refractivity contribution in [2.75, 3.05) is 7.05 Å². The SMILES string of the molecule is [2H][C](NC(=O)N(C)C(=O)c1ccccc1)c1ccccc1. The first kappa shape index (κ1) is 12.4. The lowest BCUT2D eigenvalue weighted by Gasteiger charge is -2.16. The van der Waals surface area contributed by atoms with Gasteiger partial charge in [-0.3, -0.25) is 9.69 Å². The summed E-state index contributed by atoms with van der Waals surface area (Å²) >= 11 is 0. The molecule has 0 fully saturated rings. The molecule has 0 atom stereocenters. The van der Waals surface area contributed by atoms with Crippen LogP contribution >= 0.6 is 0 Å². The number of carbonyl (C=O) groups is 2. The Morgan fingerprint density at radius 2 is 1.60 bits per heavy atom. The zero-order valence-electron chi connectivity index (χ0n) is 12.0. The molecule has 1 N–H and O–H groups in total. The van der Waals surface area contributed by atoms with Crippen molar-refractivity contribution in [1.29, 1.82) is 0 Å². The molecule has 0 aliphatic carbocycles. The monoisotopic (exact) mass is 268 g/mol. The Labute approximate surface area is 119 Å². The van der Waals surface area contributed by atoms with Crippen LogP contribution in [0.4, 0.5) is 4.79 Å². The molecule has 2 aromatic carbocycles. The number of rotatable bonds is 3. The molecule has 0 spiro atoms. The summed E-state index contributed by atoms with van der Waals surface area (Å²) < 4.78 is 7.83. The molecule has 0 bridgehead atoms. The molecule has 0 saturated heterocycles. The van der Waals surface area contributed by atoms with E-state index < -0.39 is 11.9 Å². The third kappa shape index (κ3) is 3.45. The summed E-state index contributed by atoms with van der Waals surface area (Å²) in [7, 11) is 1.38. The molecule has 0 aromatic heterocycles. The maximum atomic E-state index is 12.1. The summed E-state index contributed by atoms with van der Waals surface area (Å²) in [5.74, 6) is -0.422. The van der Waals surface area contributed by atoms with Crippen molar-refractivity contribution in [3.63, 3.8) is 0 Å². The number of hydrogen-bond donors (Lipinski definition) is 1.